The lowest BCUT2D eigenvalue weighted by atomic mass is 10.1. The zero-order valence-corrected chi connectivity index (χ0v) is 17.6. The third-order valence-corrected chi connectivity index (χ3v) is 4.86. The number of aromatic nitrogens is 2. The number of amides is 1. The van der Waals surface area contributed by atoms with Crippen molar-refractivity contribution in [3.05, 3.63) is 54.1 Å². The van der Waals surface area contributed by atoms with Gasteiger partial charge in [-0.1, -0.05) is 64.1 Å². The predicted molar refractivity (Wildman–Crippen MR) is 116 cm³/mol. The van der Waals surface area contributed by atoms with E-state index in [0.717, 1.165) is 41.1 Å². The number of imidazole rings is 1. The molecule has 0 saturated carbocycles. The smallest absolute Gasteiger partial charge is 0.242 e. The fourth-order valence-electron chi connectivity index (χ4n) is 3.66. The molecule has 3 aromatic rings. The largest absolute Gasteiger partial charge is 0.341 e. The van der Waals surface area contributed by atoms with Crippen LogP contribution in [0.15, 0.2) is 48.5 Å². The molecule has 3 rings (SSSR count). The third-order valence-electron chi connectivity index (χ3n) is 4.86. The van der Waals surface area contributed by atoms with E-state index in [0.29, 0.717) is 18.4 Å². The van der Waals surface area contributed by atoms with E-state index in [1.165, 1.54) is 0 Å². The van der Waals surface area contributed by atoms with Crippen molar-refractivity contribution >= 4 is 16.9 Å². The maximum atomic E-state index is 13.3. The molecule has 0 N–H and O–H groups in total. The Morgan fingerprint density at radius 1 is 0.964 bits per heavy atom. The Bertz CT molecular complexity index is 945. The van der Waals surface area contributed by atoms with Crippen LogP contribution in [-0.4, -0.2) is 33.4 Å². The highest BCUT2D eigenvalue weighted by Crippen LogP contribution is 2.27. The van der Waals surface area contributed by atoms with Crippen LogP contribution in [0.2, 0.25) is 0 Å². The Balaban J connectivity index is 2.03. The van der Waals surface area contributed by atoms with Gasteiger partial charge in [0.25, 0.3) is 0 Å². The van der Waals surface area contributed by atoms with E-state index in [2.05, 4.69) is 51.3 Å². The summed E-state index contributed by atoms with van der Waals surface area (Å²) in [6, 6.07) is 16.3. The monoisotopic (exact) mass is 377 g/mol. The molecule has 1 amide bonds. The highest BCUT2D eigenvalue weighted by Gasteiger charge is 2.21. The average Bonchev–Trinajstić information content (AvgIpc) is 2.99. The summed E-state index contributed by atoms with van der Waals surface area (Å²) in [4.78, 5) is 20.1. The number of rotatable bonds is 7. The molecule has 2 aromatic carbocycles. The lowest BCUT2D eigenvalue weighted by Crippen LogP contribution is -2.39. The summed E-state index contributed by atoms with van der Waals surface area (Å²) in [6.07, 6.45) is 0. The Morgan fingerprint density at radius 2 is 1.57 bits per heavy atom. The van der Waals surface area contributed by atoms with Crippen molar-refractivity contribution < 1.29 is 4.79 Å². The Kier molecular flexibility index (Phi) is 6.18. The molecule has 28 heavy (non-hydrogen) atoms. The first kappa shape index (κ1) is 20.1. The summed E-state index contributed by atoms with van der Waals surface area (Å²) in [5.74, 6) is 1.90. The number of aryl methyl sites for hydroxylation is 1. The minimum absolute atomic E-state index is 0.153. The van der Waals surface area contributed by atoms with Crippen LogP contribution in [0, 0.1) is 18.8 Å². The van der Waals surface area contributed by atoms with Crippen molar-refractivity contribution in [2.75, 3.05) is 13.1 Å². The lowest BCUT2D eigenvalue weighted by molar-refractivity contribution is -0.132. The van der Waals surface area contributed by atoms with E-state index >= 15 is 0 Å². The number of benzene rings is 2. The quantitative estimate of drug-likeness (QED) is 0.571. The van der Waals surface area contributed by atoms with Crippen molar-refractivity contribution in [2.45, 2.75) is 41.2 Å². The molecule has 148 valence electrons. The second kappa shape index (κ2) is 8.59. The highest BCUT2D eigenvalue weighted by atomic mass is 16.2. The first-order valence-electron chi connectivity index (χ1n) is 10.2. The van der Waals surface area contributed by atoms with E-state index < -0.39 is 0 Å². The van der Waals surface area contributed by atoms with Crippen LogP contribution >= 0.6 is 0 Å². The van der Waals surface area contributed by atoms with Gasteiger partial charge < -0.3 is 9.47 Å². The molecule has 4 nitrogen and oxygen atoms in total. The molecule has 0 radical (unpaired) electrons. The van der Waals surface area contributed by atoms with Crippen LogP contribution in [0.3, 0.4) is 0 Å². The summed E-state index contributed by atoms with van der Waals surface area (Å²) in [5, 5.41) is 0. The molecule has 0 saturated heterocycles. The number of carbonyl (C=O) groups excluding carboxylic acids is 1. The predicted octanol–water partition coefficient (Wildman–Crippen LogP) is 5.15. The van der Waals surface area contributed by atoms with Crippen LogP contribution in [0.1, 0.15) is 33.3 Å². The van der Waals surface area contributed by atoms with E-state index in [4.69, 9.17) is 4.98 Å². The van der Waals surface area contributed by atoms with Crippen LogP contribution < -0.4 is 0 Å². The minimum Gasteiger partial charge on any atom is -0.341 e. The second-order valence-electron chi connectivity index (χ2n) is 8.41. The number of nitrogens with zero attached hydrogens (tertiary/aromatic N) is 3. The van der Waals surface area contributed by atoms with Crippen molar-refractivity contribution in [3.63, 3.8) is 0 Å². The van der Waals surface area contributed by atoms with Crippen LogP contribution in [0.5, 0.6) is 0 Å². The topological polar surface area (TPSA) is 38.1 Å². The van der Waals surface area contributed by atoms with Gasteiger partial charge in [-0.25, -0.2) is 4.98 Å². The zero-order valence-electron chi connectivity index (χ0n) is 17.6. The normalized spacial score (nSPS) is 11.5. The maximum Gasteiger partial charge on any atom is 0.242 e. The van der Waals surface area contributed by atoms with Crippen molar-refractivity contribution in [3.8, 4) is 11.4 Å². The van der Waals surface area contributed by atoms with Gasteiger partial charge in [0.2, 0.25) is 5.91 Å². The summed E-state index contributed by atoms with van der Waals surface area (Å²) in [6.45, 7) is 12.6. The van der Waals surface area contributed by atoms with Crippen molar-refractivity contribution in [2.24, 2.45) is 11.8 Å². The highest BCUT2D eigenvalue weighted by molar-refractivity contribution is 5.85. The molecule has 1 aromatic heterocycles. The Labute approximate surface area is 168 Å². The summed E-state index contributed by atoms with van der Waals surface area (Å²) in [7, 11) is 0. The van der Waals surface area contributed by atoms with Crippen LogP contribution in [-0.2, 0) is 11.3 Å². The van der Waals surface area contributed by atoms with Crippen LogP contribution in [0.25, 0.3) is 22.4 Å². The van der Waals surface area contributed by atoms with Crippen LogP contribution in [0.4, 0.5) is 0 Å². The molecule has 0 bridgehead atoms. The lowest BCUT2D eigenvalue weighted by Gasteiger charge is -2.27. The molecule has 0 aliphatic rings. The van der Waals surface area contributed by atoms with Gasteiger partial charge in [0.05, 0.1) is 11.0 Å². The second-order valence-corrected chi connectivity index (χ2v) is 8.41. The minimum atomic E-state index is 0.153. The van der Waals surface area contributed by atoms with Gasteiger partial charge in [-0.2, -0.15) is 0 Å². The third kappa shape index (κ3) is 4.44. The summed E-state index contributed by atoms with van der Waals surface area (Å²) in [5.41, 5.74) is 4.16. The number of fused-ring (bicyclic) bond motifs is 1. The molecule has 0 atom stereocenters. The van der Waals surface area contributed by atoms with Gasteiger partial charge in [0, 0.05) is 18.7 Å². The average molecular weight is 378 g/mol. The molecule has 1 heterocycles. The summed E-state index contributed by atoms with van der Waals surface area (Å²) >= 11 is 0. The van der Waals surface area contributed by atoms with Gasteiger partial charge in [-0.15, -0.1) is 0 Å². The maximum absolute atomic E-state index is 13.3. The number of carbonyl (C=O) groups is 1. The molecule has 0 spiro atoms. The first-order chi connectivity index (χ1) is 13.4. The first-order valence-corrected chi connectivity index (χ1v) is 10.2. The molecule has 0 fully saturated rings. The molecular weight excluding hydrogens is 346 g/mol. The van der Waals surface area contributed by atoms with Gasteiger partial charge in [-0.05, 0) is 36.5 Å². The molecule has 0 unspecified atom stereocenters. The van der Waals surface area contributed by atoms with Gasteiger partial charge in [-0.3, -0.25) is 4.79 Å². The standard InChI is InChI=1S/C24H31N3O/c1-17(2)14-26(15-18(3)4)23(28)16-27-22-13-9-8-12-21(22)25-24(27)20-11-7-6-10-19(20)5/h6-13,17-18H,14-16H2,1-5H3. The Hall–Kier alpha value is -2.62. The van der Waals surface area contributed by atoms with Crippen molar-refractivity contribution in [1.82, 2.24) is 14.5 Å². The SMILES string of the molecule is Cc1ccccc1-c1nc2ccccc2n1CC(=O)N(CC(C)C)CC(C)C. The molecule has 0 aliphatic heterocycles. The Morgan fingerprint density at radius 3 is 2.21 bits per heavy atom. The van der Waals surface area contributed by atoms with E-state index in [9.17, 15) is 4.79 Å². The number of para-hydroxylation sites is 2. The molecular formula is C24H31N3O. The van der Waals surface area contributed by atoms with Crippen molar-refractivity contribution in [1.29, 1.82) is 0 Å². The zero-order chi connectivity index (χ0) is 20.3. The van der Waals surface area contributed by atoms with E-state index in [1.807, 2.05) is 41.3 Å². The van der Waals surface area contributed by atoms with E-state index in [-0.39, 0.29) is 5.91 Å². The van der Waals surface area contributed by atoms with Gasteiger partial charge in [0.15, 0.2) is 0 Å². The van der Waals surface area contributed by atoms with E-state index in [1.54, 1.807) is 0 Å². The van der Waals surface area contributed by atoms with Gasteiger partial charge in [0.1, 0.15) is 12.4 Å². The fraction of sp³-hybridized carbons (Fsp3) is 0.417. The molecule has 0 aliphatic carbocycles. The fourth-order valence-corrected chi connectivity index (χ4v) is 3.66. The van der Waals surface area contributed by atoms with Gasteiger partial charge >= 0.3 is 0 Å². The molecule has 4 heteroatoms. The number of hydrogen-bond acceptors (Lipinski definition) is 2. The summed E-state index contributed by atoms with van der Waals surface area (Å²) < 4.78 is 2.08. The number of hydrogen-bond donors (Lipinski definition) is 0.